The largest absolute Gasteiger partial charge is 0.348 e. The highest BCUT2D eigenvalue weighted by atomic mass is 16.2. The Hall–Kier alpha value is -3.68. The van der Waals surface area contributed by atoms with Crippen LogP contribution in [-0.4, -0.2) is 39.4 Å². The number of carbonyl (C=O) groups is 2. The molecule has 1 saturated heterocycles. The van der Waals surface area contributed by atoms with Crippen molar-refractivity contribution in [2.24, 2.45) is 5.92 Å². The van der Waals surface area contributed by atoms with Crippen LogP contribution in [0.25, 0.3) is 11.0 Å². The van der Waals surface area contributed by atoms with E-state index in [-0.39, 0.29) is 35.8 Å². The third kappa shape index (κ3) is 4.28. The fraction of sp³-hybridized carbons (Fsp3) is 0.304. The Balaban J connectivity index is 1.66. The summed E-state index contributed by atoms with van der Waals surface area (Å²) in [6.07, 6.45) is 0. The number of benzene rings is 1. The quantitative estimate of drug-likeness (QED) is 0.651. The minimum Gasteiger partial charge on any atom is -0.348 e. The van der Waals surface area contributed by atoms with Crippen molar-refractivity contribution in [3.63, 3.8) is 0 Å². The van der Waals surface area contributed by atoms with E-state index in [1.807, 2.05) is 38.1 Å². The van der Waals surface area contributed by atoms with Crippen molar-refractivity contribution in [1.82, 2.24) is 19.8 Å². The van der Waals surface area contributed by atoms with Gasteiger partial charge in [0.15, 0.2) is 0 Å². The first-order valence-corrected chi connectivity index (χ1v) is 10.2. The van der Waals surface area contributed by atoms with E-state index in [1.54, 1.807) is 4.90 Å². The molecule has 2 N–H and O–H groups in total. The molecule has 0 radical (unpaired) electrons. The smallest absolute Gasteiger partial charge is 0.265 e. The summed E-state index contributed by atoms with van der Waals surface area (Å²) in [5.74, 6) is -0.322. The zero-order valence-corrected chi connectivity index (χ0v) is 17.5. The standard InChI is InChI=1S/C23H24N4O4/c1-14-3-5-16(6-4-14)10-24-22(30)18-9-17-7-8-19(28)25-21(17)27(23(18)31)13-20(29)26-11-15(2)12-26/h3-9,15H,10-13H2,1-2H3,(H,24,30)(H,25,28). The molecule has 1 aliphatic heterocycles. The molecule has 4 rings (SSSR count). The van der Waals surface area contributed by atoms with Crippen molar-refractivity contribution in [1.29, 1.82) is 0 Å². The van der Waals surface area contributed by atoms with Gasteiger partial charge in [-0.3, -0.25) is 23.7 Å². The molecule has 0 bridgehead atoms. The first-order valence-electron chi connectivity index (χ1n) is 10.2. The number of aryl methyl sites for hydroxylation is 1. The van der Waals surface area contributed by atoms with Crippen molar-refractivity contribution < 1.29 is 9.59 Å². The first-order chi connectivity index (χ1) is 14.8. The summed E-state index contributed by atoms with van der Waals surface area (Å²) in [5, 5.41) is 3.27. The van der Waals surface area contributed by atoms with E-state index in [0.717, 1.165) is 11.1 Å². The number of pyridine rings is 2. The van der Waals surface area contributed by atoms with Gasteiger partial charge in [-0.25, -0.2) is 0 Å². The second kappa shape index (κ2) is 8.22. The van der Waals surface area contributed by atoms with Gasteiger partial charge in [0.1, 0.15) is 17.8 Å². The van der Waals surface area contributed by atoms with E-state index in [0.29, 0.717) is 24.4 Å². The van der Waals surface area contributed by atoms with Gasteiger partial charge in [-0.1, -0.05) is 36.8 Å². The first kappa shape index (κ1) is 20.6. The number of rotatable bonds is 5. The molecule has 1 aromatic carbocycles. The lowest BCUT2D eigenvalue weighted by Gasteiger charge is -2.37. The Bertz CT molecular complexity index is 1270. The average molecular weight is 420 g/mol. The molecule has 0 atom stereocenters. The molecule has 8 heteroatoms. The molecular weight excluding hydrogens is 396 g/mol. The zero-order chi connectivity index (χ0) is 22.1. The van der Waals surface area contributed by atoms with Crippen molar-refractivity contribution in [3.8, 4) is 0 Å². The molecule has 3 heterocycles. The molecule has 2 aromatic heterocycles. The van der Waals surface area contributed by atoms with Crippen molar-refractivity contribution >= 4 is 22.8 Å². The van der Waals surface area contributed by atoms with Gasteiger partial charge in [-0.05, 0) is 30.5 Å². The molecule has 2 amide bonds. The highest BCUT2D eigenvalue weighted by Crippen LogP contribution is 2.16. The van der Waals surface area contributed by atoms with Gasteiger partial charge in [0, 0.05) is 31.1 Å². The van der Waals surface area contributed by atoms with Gasteiger partial charge in [-0.2, -0.15) is 0 Å². The van der Waals surface area contributed by atoms with Crippen molar-refractivity contribution in [2.45, 2.75) is 26.9 Å². The number of hydrogen-bond acceptors (Lipinski definition) is 4. The van der Waals surface area contributed by atoms with E-state index >= 15 is 0 Å². The third-order valence-electron chi connectivity index (χ3n) is 5.50. The highest BCUT2D eigenvalue weighted by Gasteiger charge is 2.28. The Kier molecular flexibility index (Phi) is 5.46. The van der Waals surface area contributed by atoms with Crippen molar-refractivity contribution in [3.05, 3.63) is 79.9 Å². The zero-order valence-electron chi connectivity index (χ0n) is 17.5. The molecular formula is C23H24N4O4. The third-order valence-corrected chi connectivity index (χ3v) is 5.50. The fourth-order valence-electron chi connectivity index (χ4n) is 3.71. The number of amides is 2. The van der Waals surface area contributed by atoms with Gasteiger partial charge in [0.2, 0.25) is 11.5 Å². The lowest BCUT2D eigenvalue weighted by Crippen LogP contribution is -2.50. The summed E-state index contributed by atoms with van der Waals surface area (Å²) in [6, 6.07) is 12.0. The fourth-order valence-corrected chi connectivity index (χ4v) is 3.71. The normalized spacial score (nSPS) is 13.8. The van der Waals surface area contributed by atoms with Crippen LogP contribution >= 0.6 is 0 Å². The summed E-state index contributed by atoms with van der Waals surface area (Å²) in [5.41, 5.74) is 1.18. The minimum atomic E-state index is -0.613. The summed E-state index contributed by atoms with van der Waals surface area (Å²) in [6.45, 7) is 5.33. The molecule has 3 aromatic rings. The van der Waals surface area contributed by atoms with Crippen LogP contribution in [-0.2, 0) is 17.9 Å². The number of aromatic amines is 1. The summed E-state index contributed by atoms with van der Waals surface area (Å²) in [4.78, 5) is 54.7. The topological polar surface area (TPSA) is 104 Å². The Labute approximate surface area is 178 Å². The number of fused-ring (bicyclic) bond motifs is 1. The number of nitrogens with one attached hydrogen (secondary N) is 2. The maximum absolute atomic E-state index is 13.1. The summed E-state index contributed by atoms with van der Waals surface area (Å²) in [7, 11) is 0. The van der Waals surface area contributed by atoms with Crippen LogP contribution in [0.3, 0.4) is 0 Å². The van der Waals surface area contributed by atoms with Gasteiger partial charge < -0.3 is 15.2 Å². The summed E-state index contributed by atoms with van der Waals surface area (Å²) >= 11 is 0. The molecule has 0 saturated carbocycles. The van der Waals surface area contributed by atoms with Crippen molar-refractivity contribution in [2.75, 3.05) is 13.1 Å². The molecule has 1 fully saturated rings. The minimum absolute atomic E-state index is 0.0727. The maximum atomic E-state index is 13.1. The van der Waals surface area contributed by atoms with Crippen LogP contribution in [0.2, 0.25) is 0 Å². The van der Waals surface area contributed by atoms with Crippen LogP contribution in [0.5, 0.6) is 0 Å². The van der Waals surface area contributed by atoms with Crippen LogP contribution in [0, 0.1) is 12.8 Å². The number of aromatic nitrogens is 2. The highest BCUT2D eigenvalue weighted by molar-refractivity contribution is 5.97. The average Bonchev–Trinajstić information content (AvgIpc) is 2.72. The lowest BCUT2D eigenvalue weighted by molar-refractivity contribution is -0.137. The molecule has 0 unspecified atom stereocenters. The second-order valence-corrected chi connectivity index (χ2v) is 8.15. The van der Waals surface area contributed by atoms with Crippen LogP contribution in [0.15, 0.2) is 52.1 Å². The molecule has 0 aliphatic carbocycles. The van der Waals surface area contributed by atoms with E-state index in [4.69, 9.17) is 0 Å². The second-order valence-electron chi connectivity index (χ2n) is 8.15. The van der Waals surface area contributed by atoms with Crippen LogP contribution < -0.4 is 16.4 Å². The SMILES string of the molecule is Cc1ccc(CNC(=O)c2cc3ccc(=O)[nH]c3n(CC(=O)N3CC(C)C3)c2=O)cc1. The number of H-pyrrole nitrogens is 1. The van der Waals surface area contributed by atoms with E-state index in [1.165, 1.54) is 22.8 Å². The Morgan fingerprint density at radius 2 is 1.81 bits per heavy atom. The molecule has 8 nitrogen and oxygen atoms in total. The number of hydrogen-bond donors (Lipinski definition) is 2. The Morgan fingerprint density at radius 1 is 1.10 bits per heavy atom. The summed E-state index contributed by atoms with van der Waals surface area (Å²) < 4.78 is 1.18. The van der Waals surface area contributed by atoms with Crippen LogP contribution in [0.4, 0.5) is 0 Å². The van der Waals surface area contributed by atoms with Gasteiger partial charge in [-0.15, -0.1) is 0 Å². The predicted molar refractivity (Wildman–Crippen MR) is 117 cm³/mol. The lowest BCUT2D eigenvalue weighted by atomic mass is 10.0. The molecule has 160 valence electrons. The predicted octanol–water partition coefficient (Wildman–Crippen LogP) is 1.41. The molecule has 31 heavy (non-hydrogen) atoms. The number of likely N-dealkylation sites (tertiary alicyclic amines) is 1. The van der Waals surface area contributed by atoms with Gasteiger partial charge in [0.05, 0.1) is 0 Å². The number of nitrogens with zero attached hydrogens (tertiary/aromatic N) is 2. The van der Waals surface area contributed by atoms with E-state index in [9.17, 15) is 19.2 Å². The van der Waals surface area contributed by atoms with Gasteiger partial charge >= 0.3 is 0 Å². The molecule has 1 aliphatic rings. The van der Waals surface area contributed by atoms with Gasteiger partial charge in [0.25, 0.3) is 11.5 Å². The Morgan fingerprint density at radius 3 is 2.48 bits per heavy atom. The van der Waals surface area contributed by atoms with E-state index in [2.05, 4.69) is 10.3 Å². The molecule has 0 spiro atoms. The van der Waals surface area contributed by atoms with E-state index < -0.39 is 11.5 Å². The maximum Gasteiger partial charge on any atom is 0.265 e. The monoisotopic (exact) mass is 420 g/mol. The van der Waals surface area contributed by atoms with Crippen LogP contribution in [0.1, 0.15) is 28.4 Å². The number of carbonyl (C=O) groups excluding carboxylic acids is 2.